The number of nitrogens with one attached hydrogen (secondary N) is 1. The zero-order valence-corrected chi connectivity index (χ0v) is 8.64. The van der Waals surface area contributed by atoms with Gasteiger partial charge in [0.2, 0.25) is 6.29 Å². The third-order valence-electron chi connectivity index (χ3n) is 1.74. The lowest BCUT2D eigenvalue weighted by Gasteiger charge is -2.00. The number of aromatic nitrogens is 1. The normalized spacial score (nSPS) is 10.6. The quantitative estimate of drug-likeness (QED) is 0.343. The second-order valence-electron chi connectivity index (χ2n) is 2.91. The number of amides is 1. The maximum absolute atomic E-state index is 11.4. The molecule has 16 heavy (non-hydrogen) atoms. The average molecular weight is 215 g/mol. The van der Waals surface area contributed by atoms with Gasteiger partial charge in [-0.2, -0.15) is 0 Å². The van der Waals surface area contributed by atoms with Gasteiger partial charge in [0, 0.05) is 12.7 Å². The molecule has 4 nitrogen and oxygen atoms in total. The van der Waals surface area contributed by atoms with Crippen molar-refractivity contribution in [2.45, 2.75) is 0 Å². The lowest BCUT2D eigenvalue weighted by atomic mass is 10.2. The Morgan fingerprint density at radius 1 is 1.56 bits per heavy atom. The van der Waals surface area contributed by atoms with E-state index >= 15 is 0 Å². The summed E-state index contributed by atoms with van der Waals surface area (Å²) in [5.74, 6) is -0.486. The molecule has 0 atom stereocenters. The second-order valence-corrected chi connectivity index (χ2v) is 2.91. The predicted molar refractivity (Wildman–Crippen MR) is 61.1 cm³/mol. The molecule has 1 aromatic rings. The summed E-state index contributed by atoms with van der Waals surface area (Å²) in [5.41, 5.74) is 0.454. The third kappa shape index (κ3) is 3.49. The van der Waals surface area contributed by atoms with E-state index in [0.29, 0.717) is 12.2 Å². The minimum atomic E-state index is -0.486. The second kappa shape index (κ2) is 6.29. The summed E-state index contributed by atoms with van der Waals surface area (Å²) in [6.45, 7) is 3.76. The maximum Gasteiger partial charge on any atom is 0.255 e. The zero-order chi connectivity index (χ0) is 11.8. The van der Waals surface area contributed by atoms with E-state index in [4.69, 9.17) is 0 Å². The van der Waals surface area contributed by atoms with Crippen LogP contribution in [-0.4, -0.2) is 23.7 Å². The Bertz CT molecular complexity index is 410. The number of pyridine rings is 1. The Morgan fingerprint density at radius 3 is 2.94 bits per heavy atom. The molecule has 0 aliphatic rings. The van der Waals surface area contributed by atoms with Gasteiger partial charge in [-0.15, -0.1) is 6.58 Å². The standard InChI is InChI=1S/C12H11N2O2/c1-2-6-14-12(16)10(9-15)8-11-5-3-4-7-13-11/h2-5,7-8H,1,6H2,(H,14,16)/b10-8+. The fraction of sp³-hybridized carbons (Fsp3) is 0.0833. The monoisotopic (exact) mass is 215 g/mol. The van der Waals surface area contributed by atoms with Gasteiger partial charge in [0.05, 0.1) is 11.3 Å². The van der Waals surface area contributed by atoms with Gasteiger partial charge in [0.15, 0.2) is 0 Å². The maximum atomic E-state index is 11.4. The van der Waals surface area contributed by atoms with Crippen LogP contribution in [-0.2, 0) is 9.59 Å². The minimum absolute atomic E-state index is 0.0828. The molecule has 0 unspecified atom stereocenters. The number of carbonyl (C=O) groups is 1. The predicted octanol–water partition coefficient (Wildman–Crippen LogP) is 0.877. The van der Waals surface area contributed by atoms with E-state index in [1.807, 2.05) is 0 Å². The van der Waals surface area contributed by atoms with Crippen molar-refractivity contribution in [1.82, 2.24) is 10.3 Å². The van der Waals surface area contributed by atoms with Crippen LogP contribution < -0.4 is 5.32 Å². The first kappa shape index (κ1) is 11.8. The van der Waals surface area contributed by atoms with Crippen molar-refractivity contribution < 1.29 is 9.59 Å². The summed E-state index contributed by atoms with van der Waals surface area (Å²) >= 11 is 0. The van der Waals surface area contributed by atoms with Crippen LogP contribution in [0.3, 0.4) is 0 Å². The van der Waals surface area contributed by atoms with Gasteiger partial charge in [-0.3, -0.25) is 14.6 Å². The Morgan fingerprint density at radius 2 is 2.38 bits per heavy atom. The molecule has 0 spiro atoms. The Hall–Kier alpha value is -2.23. The highest BCUT2D eigenvalue weighted by molar-refractivity contribution is 6.14. The largest absolute Gasteiger partial charge is 0.348 e. The molecule has 1 heterocycles. The van der Waals surface area contributed by atoms with E-state index in [1.165, 1.54) is 12.2 Å². The van der Waals surface area contributed by atoms with Crippen molar-refractivity contribution in [1.29, 1.82) is 0 Å². The molecule has 1 N–H and O–H groups in total. The molecule has 0 bridgehead atoms. The molecule has 0 saturated heterocycles. The van der Waals surface area contributed by atoms with Crippen molar-refractivity contribution >= 4 is 18.3 Å². The SMILES string of the molecule is C=CCNC(=O)/C([C]=O)=C/c1ccccn1. The zero-order valence-electron chi connectivity index (χ0n) is 8.64. The van der Waals surface area contributed by atoms with Gasteiger partial charge < -0.3 is 5.32 Å². The number of rotatable bonds is 5. The summed E-state index contributed by atoms with van der Waals surface area (Å²) in [6.07, 6.45) is 6.07. The molecule has 0 aliphatic carbocycles. The lowest BCUT2D eigenvalue weighted by molar-refractivity contribution is -0.116. The van der Waals surface area contributed by atoms with Crippen molar-refractivity contribution in [3.05, 3.63) is 48.3 Å². The van der Waals surface area contributed by atoms with Gasteiger partial charge in [-0.1, -0.05) is 12.1 Å². The van der Waals surface area contributed by atoms with Gasteiger partial charge >= 0.3 is 0 Å². The molecule has 81 valence electrons. The van der Waals surface area contributed by atoms with E-state index in [0.717, 1.165) is 0 Å². The first-order valence-corrected chi connectivity index (χ1v) is 4.68. The highest BCUT2D eigenvalue weighted by Gasteiger charge is 2.08. The molecule has 1 aromatic heterocycles. The Labute approximate surface area is 93.7 Å². The van der Waals surface area contributed by atoms with Crippen LogP contribution in [0.25, 0.3) is 6.08 Å². The summed E-state index contributed by atoms with van der Waals surface area (Å²) in [4.78, 5) is 26.0. The van der Waals surface area contributed by atoms with Crippen LogP contribution in [0.4, 0.5) is 0 Å². The molecular formula is C12H11N2O2. The fourth-order valence-electron chi connectivity index (χ4n) is 1.01. The van der Waals surface area contributed by atoms with E-state index < -0.39 is 5.91 Å². The molecule has 0 aromatic carbocycles. The van der Waals surface area contributed by atoms with Crippen molar-refractivity contribution in [2.24, 2.45) is 0 Å². The molecule has 1 radical (unpaired) electrons. The summed E-state index contributed by atoms with van der Waals surface area (Å²) < 4.78 is 0. The fourth-order valence-corrected chi connectivity index (χ4v) is 1.01. The van der Waals surface area contributed by atoms with Gasteiger partial charge in [0.1, 0.15) is 0 Å². The lowest BCUT2D eigenvalue weighted by Crippen LogP contribution is -2.25. The topological polar surface area (TPSA) is 59.1 Å². The molecule has 4 heteroatoms. The number of carbonyl (C=O) groups excluding carboxylic acids is 2. The van der Waals surface area contributed by atoms with E-state index in [-0.39, 0.29) is 5.57 Å². The number of hydrogen-bond acceptors (Lipinski definition) is 3. The van der Waals surface area contributed by atoms with Crippen molar-refractivity contribution in [3.63, 3.8) is 0 Å². The van der Waals surface area contributed by atoms with Crippen LogP contribution in [0.2, 0.25) is 0 Å². The highest BCUT2D eigenvalue weighted by Crippen LogP contribution is 2.01. The first-order chi connectivity index (χ1) is 7.77. The molecule has 0 fully saturated rings. The van der Waals surface area contributed by atoms with Crippen molar-refractivity contribution in [2.75, 3.05) is 6.54 Å². The first-order valence-electron chi connectivity index (χ1n) is 4.68. The molecule has 0 aliphatic heterocycles. The highest BCUT2D eigenvalue weighted by atomic mass is 16.2. The van der Waals surface area contributed by atoms with E-state index in [9.17, 15) is 9.59 Å². The molecule has 0 saturated carbocycles. The van der Waals surface area contributed by atoms with Crippen LogP contribution in [0.1, 0.15) is 5.69 Å². The average Bonchev–Trinajstić information content (AvgIpc) is 2.34. The van der Waals surface area contributed by atoms with Crippen molar-refractivity contribution in [3.8, 4) is 0 Å². The van der Waals surface area contributed by atoms with Crippen LogP contribution in [0, 0.1) is 0 Å². The van der Waals surface area contributed by atoms with E-state index in [2.05, 4.69) is 16.9 Å². The van der Waals surface area contributed by atoms with E-state index in [1.54, 1.807) is 30.7 Å². The Balaban J connectivity index is 2.81. The van der Waals surface area contributed by atoms with Crippen LogP contribution >= 0.6 is 0 Å². The van der Waals surface area contributed by atoms with Gasteiger partial charge in [-0.25, -0.2) is 0 Å². The number of hydrogen-bond donors (Lipinski definition) is 1. The molecular weight excluding hydrogens is 204 g/mol. The van der Waals surface area contributed by atoms with Gasteiger partial charge in [-0.05, 0) is 18.2 Å². The minimum Gasteiger partial charge on any atom is -0.348 e. The summed E-state index contributed by atoms with van der Waals surface area (Å²) in [7, 11) is 0. The Kier molecular flexibility index (Phi) is 4.66. The summed E-state index contributed by atoms with van der Waals surface area (Å²) in [5, 5.41) is 2.49. The third-order valence-corrected chi connectivity index (χ3v) is 1.74. The molecule has 1 rings (SSSR count). The van der Waals surface area contributed by atoms with Crippen LogP contribution in [0.15, 0.2) is 42.6 Å². The van der Waals surface area contributed by atoms with Crippen LogP contribution in [0.5, 0.6) is 0 Å². The number of nitrogens with zero attached hydrogens (tertiary/aromatic N) is 1. The van der Waals surface area contributed by atoms with Gasteiger partial charge in [0.25, 0.3) is 5.91 Å². The molecule has 1 amide bonds. The summed E-state index contributed by atoms with van der Waals surface area (Å²) in [6, 6.07) is 5.21. The smallest absolute Gasteiger partial charge is 0.255 e.